The van der Waals surface area contributed by atoms with Crippen molar-refractivity contribution in [1.82, 2.24) is 0 Å². The molecule has 0 aliphatic heterocycles. The molecule has 2 N–H and O–H groups in total. The molecule has 0 heterocycles. The van der Waals surface area contributed by atoms with Crippen LogP contribution in [0.1, 0.15) is 0 Å². The Balaban J connectivity index is -0.000000000833. The van der Waals surface area contributed by atoms with E-state index < -0.39 is 0 Å². The summed E-state index contributed by atoms with van der Waals surface area (Å²) in [6.07, 6.45) is 0. The quantitative estimate of drug-likeness (QED) is 0.456. The standard InChI is InChI=1S/2Ca.2H2O.O.Zr.2H/h;;2*1H2;;;;/q2*+1;;;;;;/p-2. The molecule has 0 amide bonds. The van der Waals surface area contributed by atoms with E-state index in [9.17, 15) is 0 Å². The van der Waals surface area contributed by atoms with Crippen molar-refractivity contribution in [2.45, 2.75) is 0 Å². The van der Waals surface area contributed by atoms with Gasteiger partial charge in [-0.1, -0.05) is 0 Å². The zero-order valence-electron chi connectivity index (χ0n) is 3.80. The van der Waals surface area contributed by atoms with Crippen molar-refractivity contribution >= 4 is 75.5 Å². The number of hydrogen-bond donors (Lipinski definition) is 0. The van der Waals surface area contributed by atoms with E-state index in [0.717, 1.165) is 0 Å². The van der Waals surface area contributed by atoms with E-state index >= 15 is 0 Å². The fourth-order valence-corrected chi connectivity index (χ4v) is 0. The summed E-state index contributed by atoms with van der Waals surface area (Å²) in [6.45, 7) is 0. The molecule has 0 saturated carbocycles. The number of hydrogen-bond acceptors (Lipinski definition) is 3. The Kier molecular flexibility index (Phi) is 249. The summed E-state index contributed by atoms with van der Waals surface area (Å²) in [5.74, 6) is 0. The molecule has 0 saturated heterocycles. The van der Waals surface area contributed by atoms with Gasteiger partial charge in [0.05, 0.1) is 0 Å². The molecule has 0 fully saturated rings. The predicted octanol–water partition coefficient (Wildman–Crippen LogP) is -1.77. The number of rotatable bonds is 0. The fourth-order valence-electron chi connectivity index (χ4n) is 0. The van der Waals surface area contributed by atoms with Crippen LogP contribution in [-0.4, -0.2) is 86.4 Å². The van der Waals surface area contributed by atoms with Crippen LogP contribution in [0.5, 0.6) is 0 Å². The molecule has 0 aromatic carbocycles. The van der Waals surface area contributed by atoms with Crippen LogP contribution in [0.25, 0.3) is 0 Å². The van der Waals surface area contributed by atoms with Gasteiger partial charge in [-0.15, -0.1) is 0 Å². The molecule has 0 aromatic heterocycles. The van der Waals surface area contributed by atoms with Crippen molar-refractivity contribution in [2.75, 3.05) is 0 Å². The second kappa shape index (κ2) is 42.3. The van der Waals surface area contributed by atoms with Crippen LogP contribution < -0.4 is 0 Å². The topological polar surface area (TPSA) is 77.1 Å². The zero-order chi connectivity index (χ0) is 2.00. The molecule has 0 spiro atoms. The van der Waals surface area contributed by atoms with Crippen molar-refractivity contribution in [3.63, 3.8) is 0 Å². The zero-order valence-corrected chi connectivity index (χ0v) is 12.5. The average Bonchev–Trinajstić information content (AvgIpc) is 1.00. The molecule has 3 nitrogen and oxygen atoms in total. The van der Waals surface area contributed by atoms with E-state index in [2.05, 4.69) is 0 Å². The van der Waals surface area contributed by atoms with Crippen molar-refractivity contribution in [3.05, 3.63) is 0 Å². The molecule has 0 radical (unpaired) electrons. The van der Waals surface area contributed by atoms with Gasteiger partial charge in [0.2, 0.25) is 0 Å². The Hall–Kier alpha value is 3.12. The van der Waals surface area contributed by atoms with Gasteiger partial charge in [-0.25, -0.2) is 0 Å². The maximum absolute atomic E-state index is 8.34. The molecule has 0 bridgehead atoms. The summed E-state index contributed by atoms with van der Waals surface area (Å²) in [5.41, 5.74) is 0. The molecule has 0 unspecified atom stereocenters. The summed E-state index contributed by atoms with van der Waals surface area (Å²) in [4.78, 5) is 0. The van der Waals surface area contributed by atoms with Crippen LogP contribution in [0.3, 0.4) is 0 Å². The SMILES string of the molecule is [CaH+].[CaH+].[OH-].[OH-].[O]=[Zr]. The van der Waals surface area contributed by atoms with Gasteiger partial charge in [0.15, 0.2) is 0 Å². The van der Waals surface area contributed by atoms with E-state index in [4.69, 9.17) is 2.81 Å². The third-order valence-electron chi connectivity index (χ3n) is 0. The van der Waals surface area contributed by atoms with Crippen molar-refractivity contribution in [2.24, 2.45) is 0 Å². The van der Waals surface area contributed by atoms with Crippen molar-refractivity contribution in [1.29, 1.82) is 0 Å². The van der Waals surface area contributed by atoms with Crippen LogP contribution in [-0.2, 0) is 27.5 Å². The van der Waals surface area contributed by atoms with Gasteiger partial charge in [0.1, 0.15) is 0 Å². The van der Waals surface area contributed by atoms with Crippen molar-refractivity contribution in [3.8, 4) is 0 Å². The first-order valence-corrected chi connectivity index (χ1v) is 1.21. The summed E-state index contributed by atoms with van der Waals surface area (Å²) < 4.78 is 8.34. The van der Waals surface area contributed by atoms with E-state index in [1.165, 1.54) is 0 Å². The third kappa shape index (κ3) is 27.4. The molecule has 30 valence electrons. The van der Waals surface area contributed by atoms with Crippen LogP contribution >= 0.6 is 0 Å². The summed E-state index contributed by atoms with van der Waals surface area (Å²) in [5, 5.41) is 0. The first-order valence-electron chi connectivity index (χ1n) is 0.204. The van der Waals surface area contributed by atoms with Crippen molar-refractivity contribution < 1.29 is 38.5 Å². The molecular weight excluding hydrogens is 219 g/mol. The fraction of sp³-hybridized carbons (Fsp3) is 0. The summed E-state index contributed by atoms with van der Waals surface area (Å²) in [7, 11) is 0. The third-order valence-corrected chi connectivity index (χ3v) is 0. The second-order valence-electron chi connectivity index (χ2n) is 0. The van der Waals surface area contributed by atoms with E-state index in [0.29, 0.717) is 24.7 Å². The summed E-state index contributed by atoms with van der Waals surface area (Å²) >= 11 is 0.300. The van der Waals surface area contributed by atoms with Gasteiger partial charge < -0.3 is 11.0 Å². The van der Waals surface area contributed by atoms with Gasteiger partial charge in [0.25, 0.3) is 0 Å². The first kappa shape index (κ1) is 35.4. The molecule has 0 aromatic rings. The Morgan fingerprint density at radius 1 is 0.833 bits per heavy atom. The molecule has 0 atom stereocenters. The van der Waals surface area contributed by atoms with E-state index in [1.807, 2.05) is 0 Å². The monoisotopic (exact) mass is 222 g/mol. The van der Waals surface area contributed by atoms with Crippen LogP contribution in [0.15, 0.2) is 0 Å². The molecule has 6 heavy (non-hydrogen) atoms. The maximum atomic E-state index is 8.34. The molecule has 6 heteroatoms. The van der Waals surface area contributed by atoms with Crippen LogP contribution in [0.2, 0.25) is 0 Å². The molecular formula is H4Ca2O3Zr. The van der Waals surface area contributed by atoms with E-state index in [1.54, 1.807) is 0 Å². The molecule has 0 aliphatic carbocycles. The Labute approximate surface area is 111 Å². The summed E-state index contributed by atoms with van der Waals surface area (Å²) in [6, 6.07) is 0. The van der Waals surface area contributed by atoms with Gasteiger partial charge in [-0.3, -0.25) is 0 Å². The minimum absolute atomic E-state index is 0. The van der Waals surface area contributed by atoms with E-state index in [-0.39, 0.29) is 86.4 Å². The second-order valence-corrected chi connectivity index (χ2v) is 0. The Morgan fingerprint density at radius 3 is 0.833 bits per heavy atom. The predicted molar refractivity (Wildman–Crippen MR) is 18.9 cm³/mol. The van der Waals surface area contributed by atoms with Gasteiger partial charge >= 0.3 is 103 Å². The van der Waals surface area contributed by atoms with Crippen LogP contribution in [0, 0.1) is 0 Å². The van der Waals surface area contributed by atoms with Gasteiger partial charge in [-0.05, 0) is 0 Å². The van der Waals surface area contributed by atoms with Gasteiger partial charge in [-0.2, -0.15) is 0 Å². The first-order chi connectivity index (χ1) is 1.00. The molecule has 0 rings (SSSR count). The average molecular weight is 223 g/mol. The minimum atomic E-state index is 0. The molecule has 0 aliphatic rings. The van der Waals surface area contributed by atoms with Gasteiger partial charge in [0, 0.05) is 0 Å². The van der Waals surface area contributed by atoms with Crippen LogP contribution in [0.4, 0.5) is 0 Å². The Morgan fingerprint density at radius 2 is 0.833 bits per heavy atom. The normalized spacial score (nSPS) is 0.500. The Bertz CT molecular complexity index is 8.75.